The van der Waals surface area contributed by atoms with Crippen LogP contribution in [0.1, 0.15) is 25.3 Å². The van der Waals surface area contributed by atoms with Gasteiger partial charge in [-0.2, -0.15) is 8.75 Å². The van der Waals surface area contributed by atoms with Crippen LogP contribution in [-0.2, 0) is 0 Å². The Kier molecular flexibility index (Phi) is 2.03. The molecule has 0 aliphatic carbocycles. The highest BCUT2D eigenvalue weighted by Crippen LogP contribution is 2.33. The Morgan fingerprint density at radius 2 is 2.00 bits per heavy atom. The lowest BCUT2D eigenvalue weighted by molar-refractivity contribution is 0.877. The maximum absolute atomic E-state index is 5.92. The van der Waals surface area contributed by atoms with E-state index in [0.717, 1.165) is 16.6 Å². The summed E-state index contributed by atoms with van der Waals surface area (Å²) < 4.78 is 8.40. The molecule has 2 rings (SSSR count). The van der Waals surface area contributed by atoms with Crippen molar-refractivity contribution in [2.45, 2.75) is 19.8 Å². The number of hydrogen-bond donors (Lipinski definition) is 2. The maximum Gasteiger partial charge on any atom is 0.110 e. The van der Waals surface area contributed by atoms with Crippen molar-refractivity contribution in [2.24, 2.45) is 0 Å². The summed E-state index contributed by atoms with van der Waals surface area (Å²) in [6.07, 6.45) is 0. The predicted molar refractivity (Wildman–Crippen MR) is 60.3 cm³/mol. The van der Waals surface area contributed by atoms with Crippen molar-refractivity contribution in [3.63, 3.8) is 0 Å². The van der Waals surface area contributed by atoms with Gasteiger partial charge in [-0.1, -0.05) is 13.8 Å². The molecular weight excluding hydrogens is 196 g/mol. The highest BCUT2D eigenvalue weighted by molar-refractivity contribution is 7.00. The van der Waals surface area contributed by atoms with E-state index in [0.29, 0.717) is 17.3 Å². The van der Waals surface area contributed by atoms with Gasteiger partial charge >= 0.3 is 0 Å². The summed E-state index contributed by atoms with van der Waals surface area (Å²) >= 11 is 1.19. The van der Waals surface area contributed by atoms with Crippen LogP contribution in [0.15, 0.2) is 6.07 Å². The van der Waals surface area contributed by atoms with E-state index < -0.39 is 0 Å². The molecule has 0 unspecified atom stereocenters. The van der Waals surface area contributed by atoms with Gasteiger partial charge in [0.2, 0.25) is 0 Å². The summed E-state index contributed by atoms with van der Waals surface area (Å²) in [4.78, 5) is 0. The van der Waals surface area contributed by atoms with Gasteiger partial charge in [-0.15, -0.1) is 0 Å². The number of rotatable bonds is 1. The van der Waals surface area contributed by atoms with Crippen LogP contribution < -0.4 is 11.5 Å². The third-order valence-electron chi connectivity index (χ3n) is 2.24. The van der Waals surface area contributed by atoms with Crippen molar-refractivity contribution in [3.05, 3.63) is 11.6 Å². The second kappa shape index (κ2) is 3.09. The number of benzene rings is 1. The number of fused-ring (bicyclic) bond motifs is 1. The number of hydrogen-bond acceptors (Lipinski definition) is 5. The minimum atomic E-state index is 0.310. The van der Waals surface area contributed by atoms with Crippen molar-refractivity contribution < 1.29 is 0 Å². The Morgan fingerprint density at radius 1 is 1.29 bits per heavy atom. The molecule has 0 saturated carbocycles. The zero-order valence-electron chi connectivity index (χ0n) is 8.11. The number of aromatic nitrogens is 2. The van der Waals surface area contributed by atoms with Crippen molar-refractivity contribution in [1.82, 2.24) is 8.75 Å². The van der Waals surface area contributed by atoms with Gasteiger partial charge in [0, 0.05) is 5.56 Å². The second-order valence-electron chi connectivity index (χ2n) is 3.58. The Bertz CT molecular complexity index is 475. The van der Waals surface area contributed by atoms with Crippen LogP contribution in [0, 0.1) is 0 Å². The number of anilines is 2. The summed E-state index contributed by atoms with van der Waals surface area (Å²) in [6, 6.07) is 1.78. The largest absolute Gasteiger partial charge is 0.397 e. The lowest BCUT2D eigenvalue weighted by Gasteiger charge is -2.11. The quantitative estimate of drug-likeness (QED) is 0.702. The molecule has 0 fully saturated rings. The van der Waals surface area contributed by atoms with E-state index in [-0.39, 0.29) is 0 Å². The van der Waals surface area contributed by atoms with E-state index in [4.69, 9.17) is 11.5 Å². The first kappa shape index (κ1) is 9.21. The smallest absolute Gasteiger partial charge is 0.110 e. The molecule has 0 amide bonds. The fourth-order valence-electron chi connectivity index (χ4n) is 1.57. The fourth-order valence-corrected chi connectivity index (χ4v) is 2.11. The van der Waals surface area contributed by atoms with Gasteiger partial charge in [0.25, 0.3) is 0 Å². The average molecular weight is 208 g/mol. The summed E-state index contributed by atoms with van der Waals surface area (Å²) in [7, 11) is 0. The molecule has 0 saturated heterocycles. The van der Waals surface area contributed by atoms with Gasteiger partial charge in [0.05, 0.1) is 23.1 Å². The van der Waals surface area contributed by atoms with Gasteiger partial charge in [0.15, 0.2) is 0 Å². The first-order valence-corrected chi connectivity index (χ1v) is 5.14. The van der Waals surface area contributed by atoms with E-state index >= 15 is 0 Å². The maximum atomic E-state index is 5.92. The van der Waals surface area contributed by atoms with Crippen LogP contribution in [0.3, 0.4) is 0 Å². The van der Waals surface area contributed by atoms with E-state index in [1.165, 1.54) is 11.7 Å². The van der Waals surface area contributed by atoms with Crippen molar-refractivity contribution in [3.8, 4) is 0 Å². The number of nitrogens with zero attached hydrogens (tertiary/aromatic N) is 2. The standard InChI is InChI=1S/C9H12N4S/c1-4(2)7-8(11)5(10)3-6-9(7)13-14-12-6/h3-4H,10-11H2,1-2H3. The van der Waals surface area contributed by atoms with Crippen molar-refractivity contribution in [2.75, 3.05) is 11.5 Å². The summed E-state index contributed by atoms with van der Waals surface area (Å²) in [6.45, 7) is 4.15. The van der Waals surface area contributed by atoms with Crippen LogP contribution >= 0.6 is 11.7 Å². The number of nitrogens with two attached hydrogens (primary N) is 2. The SMILES string of the molecule is CC(C)c1c(N)c(N)cc2nsnc12. The second-order valence-corrected chi connectivity index (χ2v) is 4.11. The van der Waals surface area contributed by atoms with Crippen molar-refractivity contribution >= 4 is 34.1 Å². The molecule has 0 aliphatic heterocycles. The molecule has 4 N–H and O–H groups in total. The Labute approximate surface area is 86.2 Å². The molecule has 0 atom stereocenters. The molecule has 2 aromatic rings. The zero-order chi connectivity index (χ0) is 10.3. The van der Waals surface area contributed by atoms with Gasteiger partial charge in [0.1, 0.15) is 11.0 Å². The van der Waals surface area contributed by atoms with Crippen LogP contribution in [-0.4, -0.2) is 8.75 Å². The Balaban J connectivity index is 2.86. The van der Waals surface area contributed by atoms with Crippen LogP contribution in [0.2, 0.25) is 0 Å². The van der Waals surface area contributed by atoms with Crippen LogP contribution in [0.25, 0.3) is 11.0 Å². The first-order chi connectivity index (χ1) is 6.61. The molecule has 0 radical (unpaired) electrons. The van der Waals surface area contributed by atoms with E-state index in [2.05, 4.69) is 22.6 Å². The lowest BCUT2D eigenvalue weighted by Crippen LogP contribution is -2.02. The number of nitrogen functional groups attached to an aromatic ring is 2. The lowest BCUT2D eigenvalue weighted by atomic mass is 9.98. The van der Waals surface area contributed by atoms with Crippen LogP contribution in [0.4, 0.5) is 11.4 Å². The molecule has 5 heteroatoms. The van der Waals surface area contributed by atoms with Gasteiger partial charge < -0.3 is 11.5 Å². The molecular formula is C9H12N4S. The third kappa shape index (κ3) is 1.21. The van der Waals surface area contributed by atoms with E-state index in [1.807, 2.05) is 0 Å². The topological polar surface area (TPSA) is 77.8 Å². The molecule has 0 bridgehead atoms. The Morgan fingerprint density at radius 3 is 2.64 bits per heavy atom. The minimum absolute atomic E-state index is 0.310. The normalized spacial score (nSPS) is 11.4. The highest BCUT2D eigenvalue weighted by atomic mass is 32.1. The molecule has 14 heavy (non-hydrogen) atoms. The molecule has 1 aromatic carbocycles. The fraction of sp³-hybridized carbons (Fsp3) is 0.333. The van der Waals surface area contributed by atoms with Crippen molar-refractivity contribution in [1.29, 1.82) is 0 Å². The third-order valence-corrected chi connectivity index (χ3v) is 2.78. The van der Waals surface area contributed by atoms with E-state index in [9.17, 15) is 0 Å². The van der Waals surface area contributed by atoms with Crippen LogP contribution in [0.5, 0.6) is 0 Å². The summed E-state index contributed by atoms with van der Waals surface area (Å²) in [5, 5.41) is 0. The monoisotopic (exact) mass is 208 g/mol. The molecule has 1 heterocycles. The van der Waals surface area contributed by atoms with Gasteiger partial charge in [-0.3, -0.25) is 0 Å². The van der Waals surface area contributed by atoms with Gasteiger partial charge in [-0.05, 0) is 12.0 Å². The average Bonchev–Trinajstić information content (AvgIpc) is 2.52. The predicted octanol–water partition coefficient (Wildman–Crippen LogP) is 1.98. The van der Waals surface area contributed by atoms with Gasteiger partial charge in [-0.25, -0.2) is 0 Å². The molecule has 4 nitrogen and oxygen atoms in total. The zero-order valence-corrected chi connectivity index (χ0v) is 8.93. The molecule has 1 aromatic heterocycles. The van der Waals surface area contributed by atoms with E-state index in [1.54, 1.807) is 6.07 Å². The summed E-state index contributed by atoms with van der Waals surface area (Å²) in [5.41, 5.74) is 15.7. The molecule has 74 valence electrons. The highest BCUT2D eigenvalue weighted by Gasteiger charge is 2.14. The molecule has 0 spiro atoms. The Hall–Kier alpha value is -1.36. The summed E-state index contributed by atoms with van der Waals surface area (Å²) in [5.74, 6) is 0.310. The minimum Gasteiger partial charge on any atom is -0.397 e. The first-order valence-electron chi connectivity index (χ1n) is 4.41. The molecule has 0 aliphatic rings.